The van der Waals surface area contributed by atoms with Crippen molar-refractivity contribution in [3.63, 3.8) is 0 Å². The number of ether oxygens (including phenoxy) is 1. The molecule has 0 radical (unpaired) electrons. The largest absolute Gasteiger partial charge is 0.389 e. The molecule has 0 aromatic heterocycles. The van der Waals surface area contributed by atoms with E-state index < -0.39 is 17.2 Å². The van der Waals surface area contributed by atoms with Crippen molar-refractivity contribution in [1.29, 1.82) is 0 Å². The number of thiocarbonyl (C=S) groups is 1. The van der Waals surface area contributed by atoms with Crippen molar-refractivity contribution >= 4 is 22.9 Å². The highest BCUT2D eigenvalue weighted by Crippen LogP contribution is 2.30. The molecule has 1 unspecified atom stereocenters. The Morgan fingerprint density at radius 3 is 2.40 bits per heavy atom. The number of anilines is 1. The van der Waals surface area contributed by atoms with Gasteiger partial charge in [0.1, 0.15) is 22.3 Å². The number of nitrogens with two attached hydrogens (primary N) is 1. The predicted molar refractivity (Wildman–Crippen MR) is 79.1 cm³/mol. The van der Waals surface area contributed by atoms with E-state index >= 15 is 0 Å². The lowest BCUT2D eigenvalue weighted by Crippen LogP contribution is -2.52. The van der Waals surface area contributed by atoms with Gasteiger partial charge in [-0.15, -0.1) is 0 Å². The van der Waals surface area contributed by atoms with Gasteiger partial charge in [0.05, 0.1) is 11.7 Å². The Kier molecular flexibility index (Phi) is 3.97. The summed E-state index contributed by atoms with van der Waals surface area (Å²) < 4.78 is 34.1. The van der Waals surface area contributed by atoms with Crippen molar-refractivity contribution in [1.82, 2.24) is 0 Å². The summed E-state index contributed by atoms with van der Waals surface area (Å²) in [4.78, 5) is 1.65. The van der Waals surface area contributed by atoms with Gasteiger partial charge < -0.3 is 15.4 Å². The number of morpholine rings is 1. The summed E-state index contributed by atoms with van der Waals surface area (Å²) in [5.74, 6) is -1.31. The van der Waals surface area contributed by atoms with E-state index in [1.165, 1.54) is 12.1 Å². The second kappa shape index (κ2) is 5.26. The molecular formula is C14H18F2N2OS. The first-order chi connectivity index (χ1) is 9.19. The molecule has 1 aromatic rings. The first-order valence-corrected chi connectivity index (χ1v) is 6.82. The maximum Gasteiger partial charge on any atom is 0.150 e. The summed E-state index contributed by atoms with van der Waals surface area (Å²) in [5, 5.41) is 0. The molecule has 0 amide bonds. The Labute approximate surface area is 122 Å². The van der Waals surface area contributed by atoms with E-state index in [0.29, 0.717) is 13.1 Å². The van der Waals surface area contributed by atoms with Gasteiger partial charge in [0, 0.05) is 18.7 Å². The van der Waals surface area contributed by atoms with Gasteiger partial charge >= 0.3 is 0 Å². The van der Waals surface area contributed by atoms with Crippen LogP contribution in [0.2, 0.25) is 0 Å². The van der Waals surface area contributed by atoms with Crippen LogP contribution in [-0.4, -0.2) is 29.8 Å². The van der Waals surface area contributed by atoms with Crippen LogP contribution in [0.1, 0.15) is 26.3 Å². The van der Waals surface area contributed by atoms with Gasteiger partial charge in [-0.2, -0.15) is 0 Å². The summed E-state index contributed by atoms with van der Waals surface area (Å²) in [6, 6.07) is 2.35. The number of benzene rings is 1. The fraction of sp³-hybridized carbons (Fsp3) is 0.500. The highest BCUT2D eigenvalue weighted by Gasteiger charge is 2.33. The van der Waals surface area contributed by atoms with Gasteiger partial charge in [0.25, 0.3) is 0 Å². The molecule has 110 valence electrons. The SMILES string of the molecule is CC1CN(c2c(F)cc(C(N)=S)cc2F)CC(C)(C)O1. The lowest BCUT2D eigenvalue weighted by Gasteiger charge is -2.43. The highest BCUT2D eigenvalue weighted by molar-refractivity contribution is 7.80. The van der Waals surface area contributed by atoms with Gasteiger partial charge in [-0.3, -0.25) is 0 Å². The molecule has 6 heteroatoms. The summed E-state index contributed by atoms with van der Waals surface area (Å²) in [6.45, 7) is 6.53. The van der Waals surface area contributed by atoms with Crippen LogP contribution in [-0.2, 0) is 4.74 Å². The maximum atomic E-state index is 14.2. The van der Waals surface area contributed by atoms with Gasteiger partial charge in [-0.25, -0.2) is 8.78 Å². The number of halogens is 2. The molecule has 0 saturated carbocycles. The lowest BCUT2D eigenvalue weighted by molar-refractivity contribution is -0.0752. The maximum absolute atomic E-state index is 14.2. The fourth-order valence-electron chi connectivity index (χ4n) is 2.63. The third kappa shape index (κ3) is 3.07. The Hall–Kier alpha value is -1.27. The Morgan fingerprint density at radius 2 is 1.95 bits per heavy atom. The zero-order valence-electron chi connectivity index (χ0n) is 11.7. The Balaban J connectivity index is 2.40. The second-order valence-electron chi connectivity index (χ2n) is 5.72. The molecule has 1 aromatic carbocycles. The molecule has 0 spiro atoms. The molecule has 0 bridgehead atoms. The smallest absolute Gasteiger partial charge is 0.150 e. The van der Waals surface area contributed by atoms with Crippen LogP contribution in [0.5, 0.6) is 0 Å². The van der Waals surface area contributed by atoms with Gasteiger partial charge in [0.15, 0.2) is 0 Å². The molecule has 3 nitrogen and oxygen atoms in total. The summed E-state index contributed by atoms with van der Waals surface area (Å²) in [7, 11) is 0. The molecule has 1 atom stereocenters. The van der Waals surface area contributed by atoms with E-state index in [1.54, 1.807) is 4.90 Å². The van der Waals surface area contributed by atoms with Crippen molar-refractivity contribution < 1.29 is 13.5 Å². The van der Waals surface area contributed by atoms with E-state index in [4.69, 9.17) is 22.7 Å². The van der Waals surface area contributed by atoms with Crippen LogP contribution in [0.4, 0.5) is 14.5 Å². The number of nitrogens with zero attached hydrogens (tertiary/aromatic N) is 1. The molecule has 1 fully saturated rings. The average molecular weight is 300 g/mol. The Morgan fingerprint density at radius 1 is 1.40 bits per heavy atom. The first-order valence-electron chi connectivity index (χ1n) is 6.41. The fourth-order valence-corrected chi connectivity index (χ4v) is 2.75. The van der Waals surface area contributed by atoms with Crippen molar-refractivity contribution in [2.45, 2.75) is 32.5 Å². The quantitative estimate of drug-likeness (QED) is 0.852. The number of hydrogen-bond acceptors (Lipinski definition) is 3. The highest BCUT2D eigenvalue weighted by atomic mass is 32.1. The van der Waals surface area contributed by atoms with Crippen molar-refractivity contribution in [2.24, 2.45) is 5.73 Å². The zero-order valence-corrected chi connectivity index (χ0v) is 12.6. The van der Waals surface area contributed by atoms with Crippen LogP contribution >= 0.6 is 12.2 Å². The van der Waals surface area contributed by atoms with Gasteiger partial charge in [-0.05, 0) is 32.9 Å². The molecule has 20 heavy (non-hydrogen) atoms. The predicted octanol–water partition coefficient (Wildman–Crippen LogP) is 2.60. The summed E-state index contributed by atoms with van der Waals surface area (Å²) in [5.41, 5.74) is 5.10. The van der Waals surface area contributed by atoms with E-state index in [1.807, 2.05) is 20.8 Å². The third-order valence-corrected chi connectivity index (χ3v) is 3.42. The normalized spacial score (nSPS) is 21.9. The van der Waals surface area contributed by atoms with Gasteiger partial charge in [0.2, 0.25) is 0 Å². The minimum Gasteiger partial charge on any atom is -0.389 e. The molecular weight excluding hydrogens is 282 g/mol. The van der Waals surface area contributed by atoms with Crippen LogP contribution in [0.3, 0.4) is 0 Å². The van der Waals surface area contributed by atoms with Crippen LogP contribution in [0.25, 0.3) is 0 Å². The summed E-state index contributed by atoms with van der Waals surface area (Å²) in [6.07, 6.45) is -0.104. The zero-order chi connectivity index (χ0) is 15.1. The van der Waals surface area contributed by atoms with Crippen molar-refractivity contribution in [2.75, 3.05) is 18.0 Å². The van der Waals surface area contributed by atoms with Crippen LogP contribution in [0, 0.1) is 11.6 Å². The minimum atomic E-state index is -0.655. The summed E-state index contributed by atoms with van der Waals surface area (Å²) >= 11 is 4.75. The third-order valence-electron chi connectivity index (χ3n) is 3.19. The topological polar surface area (TPSA) is 38.5 Å². The molecule has 2 rings (SSSR count). The molecule has 1 heterocycles. The second-order valence-corrected chi connectivity index (χ2v) is 6.16. The first kappa shape index (κ1) is 15.1. The molecule has 1 aliphatic heterocycles. The van der Waals surface area contributed by atoms with Crippen molar-refractivity contribution in [3.05, 3.63) is 29.3 Å². The van der Waals surface area contributed by atoms with E-state index in [9.17, 15) is 8.78 Å². The minimum absolute atomic E-state index is 0.0231. The molecule has 2 N–H and O–H groups in total. The monoisotopic (exact) mass is 300 g/mol. The van der Waals surface area contributed by atoms with Gasteiger partial charge in [-0.1, -0.05) is 12.2 Å². The number of rotatable bonds is 2. The standard InChI is InChI=1S/C14H18F2N2OS/c1-8-6-18(7-14(2,3)19-8)12-10(15)4-9(13(17)20)5-11(12)16/h4-5,8H,6-7H2,1-3H3,(H2,17,20). The van der Waals surface area contributed by atoms with E-state index in [0.717, 1.165) is 0 Å². The molecule has 0 aliphatic carbocycles. The van der Waals surface area contributed by atoms with Crippen LogP contribution in [0.15, 0.2) is 12.1 Å². The molecule has 1 aliphatic rings. The Bertz CT molecular complexity index is 525. The number of hydrogen-bond donors (Lipinski definition) is 1. The average Bonchev–Trinajstić information content (AvgIpc) is 2.24. The van der Waals surface area contributed by atoms with E-state index in [2.05, 4.69) is 0 Å². The van der Waals surface area contributed by atoms with E-state index in [-0.39, 0.29) is 22.3 Å². The van der Waals surface area contributed by atoms with Crippen LogP contribution < -0.4 is 10.6 Å². The molecule has 1 saturated heterocycles. The lowest BCUT2D eigenvalue weighted by atomic mass is 10.0. The van der Waals surface area contributed by atoms with Crippen molar-refractivity contribution in [3.8, 4) is 0 Å².